The third-order valence-electron chi connectivity index (χ3n) is 4.68. The second-order valence-electron chi connectivity index (χ2n) is 6.67. The lowest BCUT2D eigenvalue weighted by Crippen LogP contribution is -2.23. The first-order chi connectivity index (χ1) is 13.6. The van der Waals surface area contributed by atoms with Crippen LogP contribution in [-0.2, 0) is 18.3 Å². The van der Waals surface area contributed by atoms with E-state index in [1.54, 1.807) is 37.4 Å². The van der Waals surface area contributed by atoms with Gasteiger partial charge in [-0.3, -0.25) is 14.2 Å². The SMILES string of the molecule is Cn1c(CCC(=O)Nc2ccc3c(c2)OCCCO3)nc2ccccc2c1=O. The van der Waals surface area contributed by atoms with Crippen LogP contribution >= 0.6 is 0 Å². The Morgan fingerprint density at radius 1 is 1.14 bits per heavy atom. The normalized spacial score (nSPS) is 13.2. The lowest BCUT2D eigenvalue weighted by molar-refractivity contribution is -0.116. The summed E-state index contributed by atoms with van der Waals surface area (Å²) in [6.45, 7) is 1.21. The second-order valence-corrected chi connectivity index (χ2v) is 6.67. The van der Waals surface area contributed by atoms with Gasteiger partial charge in [0.1, 0.15) is 5.82 Å². The number of benzene rings is 2. The average molecular weight is 379 g/mol. The van der Waals surface area contributed by atoms with E-state index in [-0.39, 0.29) is 17.9 Å². The number of aromatic nitrogens is 2. The van der Waals surface area contributed by atoms with Crippen molar-refractivity contribution in [1.82, 2.24) is 9.55 Å². The van der Waals surface area contributed by atoms with Crippen LogP contribution in [0.4, 0.5) is 5.69 Å². The number of carbonyl (C=O) groups excluding carboxylic acids is 1. The number of nitrogens with zero attached hydrogens (tertiary/aromatic N) is 2. The van der Waals surface area contributed by atoms with Gasteiger partial charge in [0.25, 0.3) is 5.56 Å². The third kappa shape index (κ3) is 3.69. The van der Waals surface area contributed by atoms with E-state index in [0.29, 0.717) is 53.5 Å². The molecule has 28 heavy (non-hydrogen) atoms. The van der Waals surface area contributed by atoms with Crippen molar-refractivity contribution in [3.8, 4) is 11.5 Å². The van der Waals surface area contributed by atoms with E-state index >= 15 is 0 Å². The second kappa shape index (κ2) is 7.72. The molecule has 3 aromatic rings. The van der Waals surface area contributed by atoms with Crippen molar-refractivity contribution in [1.29, 1.82) is 0 Å². The zero-order valence-electron chi connectivity index (χ0n) is 15.6. The summed E-state index contributed by atoms with van der Waals surface area (Å²) in [5.74, 6) is 1.74. The third-order valence-corrected chi connectivity index (χ3v) is 4.68. The Morgan fingerprint density at radius 3 is 2.79 bits per heavy atom. The van der Waals surface area contributed by atoms with Crippen molar-refractivity contribution in [3.05, 3.63) is 58.6 Å². The Balaban J connectivity index is 1.45. The van der Waals surface area contributed by atoms with Gasteiger partial charge in [-0.1, -0.05) is 12.1 Å². The smallest absolute Gasteiger partial charge is 0.261 e. The Labute approximate surface area is 161 Å². The minimum Gasteiger partial charge on any atom is -0.490 e. The van der Waals surface area contributed by atoms with Gasteiger partial charge >= 0.3 is 0 Å². The van der Waals surface area contributed by atoms with Crippen LogP contribution in [0.15, 0.2) is 47.3 Å². The molecule has 1 aromatic heterocycles. The van der Waals surface area contributed by atoms with Gasteiger partial charge < -0.3 is 14.8 Å². The molecule has 0 saturated heterocycles. The number of fused-ring (bicyclic) bond motifs is 2. The van der Waals surface area contributed by atoms with Crippen molar-refractivity contribution in [2.45, 2.75) is 19.3 Å². The molecule has 2 aromatic carbocycles. The Morgan fingerprint density at radius 2 is 1.93 bits per heavy atom. The average Bonchev–Trinajstić information content (AvgIpc) is 2.94. The van der Waals surface area contributed by atoms with Gasteiger partial charge in [-0.2, -0.15) is 0 Å². The standard InChI is InChI=1S/C21H21N3O4/c1-24-19(23-16-6-3-2-5-15(16)21(24)26)9-10-20(25)22-14-7-8-17-18(13-14)28-12-4-11-27-17/h2-3,5-8,13H,4,9-12H2,1H3,(H,22,25). The molecule has 0 bridgehead atoms. The number of aryl methyl sites for hydroxylation is 1. The Bertz CT molecular complexity index is 1090. The molecule has 4 rings (SSSR count). The van der Waals surface area contributed by atoms with Gasteiger partial charge in [0.2, 0.25) is 5.91 Å². The molecule has 0 fully saturated rings. The largest absolute Gasteiger partial charge is 0.490 e. The fourth-order valence-electron chi connectivity index (χ4n) is 3.18. The number of para-hydroxylation sites is 1. The molecule has 0 saturated carbocycles. The molecule has 0 unspecified atom stereocenters. The molecule has 0 atom stereocenters. The van der Waals surface area contributed by atoms with Crippen LogP contribution in [0, 0.1) is 0 Å². The summed E-state index contributed by atoms with van der Waals surface area (Å²) in [5, 5.41) is 3.44. The number of hydrogen-bond acceptors (Lipinski definition) is 5. The van der Waals surface area contributed by atoms with Crippen LogP contribution < -0.4 is 20.3 Å². The number of nitrogens with one attached hydrogen (secondary N) is 1. The van der Waals surface area contributed by atoms with Crippen LogP contribution in [0.25, 0.3) is 10.9 Å². The number of ether oxygens (including phenoxy) is 2. The van der Waals surface area contributed by atoms with Gasteiger partial charge in [0.15, 0.2) is 11.5 Å². The molecule has 1 aliphatic heterocycles. The zero-order valence-corrected chi connectivity index (χ0v) is 15.6. The predicted octanol–water partition coefficient (Wildman–Crippen LogP) is 2.67. The van der Waals surface area contributed by atoms with Crippen LogP contribution in [0.2, 0.25) is 0 Å². The van der Waals surface area contributed by atoms with Crippen molar-refractivity contribution in [3.63, 3.8) is 0 Å². The lowest BCUT2D eigenvalue weighted by atomic mass is 10.2. The van der Waals surface area contributed by atoms with Gasteiger partial charge in [-0.15, -0.1) is 0 Å². The number of carbonyl (C=O) groups is 1. The van der Waals surface area contributed by atoms with E-state index in [0.717, 1.165) is 6.42 Å². The molecule has 1 N–H and O–H groups in total. The predicted molar refractivity (Wildman–Crippen MR) is 106 cm³/mol. The number of hydrogen-bond donors (Lipinski definition) is 1. The maximum absolute atomic E-state index is 12.4. The maximum Gasteiger partial charge on any atom is 0.261 e. The highest BCUT2D eigenvalue weighted by molar-refractivity contribution is 5.91. The summed E-state index contributed by atoms with van der Waals surface area (Å²) in [6, 6.07) is 12.6. The van der Waals surface area contributed by atoms with E-state index in [9.17, 15) is 9.59 Å². The molecular formula is C21H21N3O4. The summed E-state index contributed by atoms with van der Waals surface area (Å²) in [7, 11) is 1.68. The number of rotatable bonds is 4. The minimum atomic E-state index is -0.156. The summed E-state index contributed by atoms with van der Waals surface area (Å²) < 4.78 is 12.7. The summed E-state index contributed by atoms with van der Waals surface area (Å²) in [6.07, 6.45) is 1.41. The number of amides is 1. The van der Waals surface area contributed by atoms with Crippen LogP contribution in [0.5, 0.6) is 11.5 Å². The molecule has 1 amide bonds. The van der Waals surface area contributed by atoms with E-state index < -0.39 is 0 Å². The molecule has 0 radical (unpaired) electrons. The van der Waals surface area contributed by atoms with Crippen molar-refractivity contribution >= 4 is 22.5 Å². The molecule has 2 heterocycles. The highest BCUT2D eigenvalue weighted by Gasteiger charge is 2.13. The van der Waals surface area contributed by atoms with Crippen molar-refractivity contribution < 1.29 is 14.3 Å². The Kier molecular flexibility index (Phi) is 4.97. The molecule has 1 aliphatic rings. The van der Waals surface area contributed by atoms with E-state index in [4.69, 9.17) is 9.47 Å². The van der Waals surface area contributed by atoms with Crippen LogP contribution in [0.3, 0.4) is 0 Å². The van der Waals surface area contributed by atoms with Crippen LogP contribution in [-0.4, -0.2) is 28.7 Å². The summed E-state index contributed by atoms with van der Waals surface area (Å²) >= 11 is 0. The van der Waals surface area contributed by atoms with Gasteiger partial charge in [-0.05, 0) is 24.3 Å². The van der Waals surface area contributed by atoms with E-state index in [1.165, 1.54) is 4.57 Å². The fourth-order valence-corrected chi connectivity index (χ4v) is 3.18. The minimum absolute atomic E-state index is 0.107. The first-order valence-corrected chi connectivity index (χ1v) is 9.26. The first-order valence-electron chi connectivity index (χ1n) is 9.26. The van der Waals surface area contributed by atoms with Crippen molar-refractivity contribution in [2.75, 3.05) is 18.5 Å². The summed E-state index contributed by atoms with van der Waals surface area (Å²) in [4.78, 5) is 29.4. The molecular weight excluding hydrogens is 358 g/mol. The molecule has 0 spiro atoms. The lowest BCUT2D eigenvalue weighted by Gasteiger charge is -2.11. The monoisotopic (exact) mass is 379 g/mol. The first kappa shape index (κ1) is 18.0. The van der Waals surface area contributed by atoms with Gasteiger partial charge in [0.05, 0.1) is 24.1 Å². The van der Waals surface area contributed by atoms with Gasteiger partial charge in [0, 0.05) is 38.1 Å². The fraction of sp³-hybridized carbons (Fsp3) is 0.286. The molecule has 0 aliphatic carbocycles. The zero-order chi connectivity index (χ0) is 19.5. The summed E-state index contributed by atoms with van der Waals surface area (Å²) in [5.41, 5.74) is 1.18. The molecule has 7 heteroatoms. The maximum atomic E-state index is 12.4. The highest BCUT2D eigenvalue weighted by atomic mass is 16.5. The highest BCUT2D eigenvalue weighted by Crippen LogP contribution is 2.32. The Hall–Kier alpha value is -3.35. The van der Waals surface area contributed by atoms with E-state index in [1.807, 2.05) is 12.1 Å². The number of anilines is 1. The van der Waals surface area contributed by atoms with E-state index in [2.05, 4.69) is 10.3 Å². The van der Waals surface area contributed by atoms with Crippen molar-refractivity contribution in [2.24, 2.45) is 7.05 Å². The topological polar surface area (TPSA) is 82.5 Å². The molecule has 7 nitrogen and oxygen atoms in total. The quantitative estimate of drug-likeness (QED) is 0.754. The van der Waals surface area contributed by atoms with Crippen LogP contribution in [0.1, 0.15) is 18.7 Å². The molecule has 144 valence electrons. The van der Waals surface area contributed by atoms with Gasteiger partial charge in [-0.25, -0.2) is 4.98 Å².